The van der Waals surface area contributed by atoms with Crippen molar-refractivity contribution < 1.29 is 15.0 Å². The molecular formula is C22H37NO3. The number of amides is 1. The van der Waals surface area contributed by atoms with Gasteiger partial charge in [0.1, 0.15) is 0 Å². The first-order chi connectivity index (χ1) is 12.7. The van der Waals surface area contributed by atoms with Gasteiger partial charge in [-0.25, -0.2) is 0 Å². The van der Waals surface area contributed by atoms with E-state index in [9.17, 15) is 9.90 Å². The summed E-state index contributed by atoms with van der Waals surface area (Å²) in [6.45, 7) is 2.51. The highest BCUT2D eigenvalue weighted by Gasteiger charge is 1.97. The highest BCUT2D eigenvalue weighted by Crippen LogP contribution is 2.02. The van der Waals surface area contributed by atoms with E-state index in [-0.39, 0.29) is 12.5 Å². The van der Waals surface area contributed by atoms with E-state index < -0.39 is 6.10 Å². The summed E-state index contributed by atoms with van der Waals surface area (Å²) in [6, 6.07) is 0. The number of carbonyl (C=O) groups is 1. The first-order valence-corrected chi connectivity index (χ1v) is 9.89. The van der Waals surface area contributed by atoms with Gasteiger partial charge in [-0.05, 0) is 38.5 Å². The summed E-state index contributed by atoms with van der Waals surface area (Å²) >= 11 is 0. The van der Waals surface area contributed by atoms with E-state index in [1.54, 1.807) is 0 Å². The molecule has 4 nitrogen and oxygen atoms in total. The summed E-state index contributed by atoms with van der Waals surface area (Å²) in [7, 11) is 0. The summed E-state index contributed by atoms with van der Waals surface area (Å²) in [4.78, 5) is 11.3. The van der Waals surface area contributed by atoms with E-state index in [0.29, 0.717) is 19.4 Å². The van der Waals surface area contributed by atoms with Gasteiger partial charge >= 0.3 is 0 Å². The van der Waals surface area contributed by atoms with Crippen LogP contribution in [0.5, 0.6) is 0 Å². The second-order valence-corrected chi connectivity index (χ2v) is 6.26. The Hall–Kier alpha value is -1.65. The van der Waals surface area contributed by atoms with Crippen LogP contribution < -0.4 is 5.32 Å². The van der Waals surface area contributed by atoms with Crippen molar-refractivity contribution in [1.82, 2.24) is 5.32 Å². The minimum absolute atomic E-state index is 0.00755. The molecule has 0 saturated heterocycles. The molecule has 0 heterocycles. The highest BCUT2D eigenvalue weighted by molar-refractivity contribution is 5.75. The number of carbonyl (C=O) groups excluding carboxylic acids is 1. The summed E-state index contributed by atoms with van der Waals surface area (Å²) in [5.74, 6) is -0.00755. The predicted octanol–water partition coefficient (Wildman–Crippen LogP) is 4.21. The lowest BCUT2D eigenvalue weighted by Gasteiger charge is -2.00. The summed E-state index contributed by atoms with van der Waals surface area (Å²) in [5, 5.41) is 21.0. The minimum atomic E-state index is -0.422. The number of nitrogens with one attached hydrogen (secondary N) is 1. The third-order valence-electron chi connectivity index (χ3n) is 3.75. The Morgan fingerprint density at radius 3 is 2.54 bits per heavy atom. The van der Waals surface area contributed by atoms with E-state index in [1.165, 1.54) is 19.3 Å². The molecule has 0 aromatic heterocycles. The monoisotopic (exact) mass is 363 g/mol. The summed E-state index contributed by atoms with van der Waals surface area (Å²) < 4.78 is 0. The molecule has 0 bridgehead atoms. The molecule has 0 aliphatic heterocycles. The summed E-state index contributed by atoms with van der Waals surface area (Å²) in [5.41, 5.74) is 0. The lowest BCUT2D eigenvalue weighted by Crippen LogP contribution is -2.25. The van der Waals surface area contributed by atoms with Crippen molar-refractivity contribution in [2.45, 2.75) is 70.8 Å². The lowest BCUT2D eigenvalue weighted by molar-refractivity contribution is -0.121. The largest absolute Gasteiger partial charge is 0.395 e. The van der Waals surface area contributed by atoms with Gasteiger partial charge in [0, 0.05) is 13.0 Å². The molecule has 148 valence electrons. The Morgan fingerprint density at radius 1 is 1.00 bits per heavy atom. The zero-order valence-electron chi connectivity index (χ0n) is 16.3. The molecular weight excluding hydrogens is 326 g/mol. The fourth-order valence-corrected chi connectivity index (χ4v) is 2.25. The zero-order chi connectivity index (χ0) is 19.3. The van der Waals surface area contributed by atoms with Gasteiger partial charge in [-0.15, -0.1) is 0 Å². The van der Waals surface area contributed by atoms with Crippen LogP contribution in [0, 0.1) is 0 Å². The van der Waals surface area contributed by atoms with Crippen LogP contribution in [-0.2, 0) is 4.79 Å². The van der Waals surface area contributed by atoms with E-state index >= 15 is 0 Å². The number of aliphatic hydroxyl groups excluding tert-OH is 2. The van der Waals surface area contributed by atoms with Crippen LogP contribution in [0.25, 0.3) is 0 Å². The van der Waals surface area contributed by atoms with Crippen LogP contribution in [0.4, 0.5) is 0 Å². The third-order valence-corrected chi connectivity index (χ3v) is 3.75. The van der Waals surface area contributed by atoms with Gasteiger partial charge in [0.25, 0.3) is 0 Å². The molecule has 0 radical (unpaired) electrons. The van der Waals surface area contributed by atoms with Crippen LogP contribution >= 0.6 is 0 Å². The molecule has 0 rings (SSSR count). The maximum absolute atomic E-state index is 11.3. The van der Waals surface area contributed by atoms with Gasteiger partial charge in [-0.1, -0.05) is 68.4 Å². The van der Waals surface area contributed by atoms with E-state index in [1.807, 2.05) is 24.3 Å². The first-order valence-electron chi connectivity index (χ1n) is 9.89. The average molecular weight is 364 g/mol. The fraction of sp³-hybridized carbons (Fsp3) is 0.591. The van der Waals surface area contributed by atoms with Gasteiger partial charge in [0.2, 0.25) is 5.91 Å². The molecule has 0 aliphatic carbocycles. The molecule has 0 saturated carbocycles. The van der Waals surface area contributed by atoms with Crippen molar-refractivity contribution in [3.05, 3.63) is 48.6 Å². The standard InChI is InChI=1S/C22H37NO3/c1-2-3-4-5-10-13-16-21(25)17-14-11-8-6-7-9-12-15-18-22(26)23-19-20-24/h7-11,13-14,17,21,24-25H,2-6,12,15-16,18-20H2,1H3,(H,23,26)/b9-7-,11-8-,13-10-,17-14+/t21-/m0/s1. The third kappa shape index (κ3) is 18.7. The maximum atomic E-state index is 11.3. The molecule has 0 spiro atoms. The number of hydrogen-bond acceptors (Lipinski definition) is 3. The Kier molecular flexibility index (Phi) is 18.4. The van der Waals surface area contributed by atoms with Gasteiger partial charge < -0.3 is 15.5 Å². The van der Waals surface area contributed by atoms with Crippen LogP contribution in [0.2, 0.25) is 0 Å². The SMILES string of the molecule is CCCCC/C=C\C[C@H](O)/C=C/C=C\C/C=C\CCCC(=O)NCCO. The molecule has 0 aromatic rings. The summed E-state index contributed by atoms with van der Waals surface area (Å²) in [6.07, 6.45) is 24.1. The van der Waals surface area contributed by atoms with Crippen molar-refractivity contribution in [2.75, 3.05) is 13.2 Å². The second kappa shape index (κ2) is 19.7. The van der Waals surface area contributed by atoms with Gasteiger partial charge in [0.15, 0.2) is 0 Å². The van der Waals surface area contributed by atoms with Crippen LogP contribution in [0.15, 0.2) is 48.6 Å². The molecule has 1 atom stereocenters. The number of hydrogen-bond donors (Lipinski definition) is 3. The van der Waals surface area contributed by atoms with E-state index in [2.05, 4.69) is 36.5 Å². The molecule has 3 N–H and O–H groups in total. The van der Waals surface area contributed by atoms with Crippen molar-refractivity contribution in [2.24, 2.45) is 0 Å². The average Bonchev–Trinajstić information content (AvgIpc) is 2.64. The van der Waals surface area contributed by atoms with Crippen molar-refractivity contribution in [1.29, 1.82) is 0 Å². The van der Waals surface area contributed by atoms with E-state index in [0.717, 1.165) is 25.7 Å². The van der Waals surface area contributed by atoms with Crippen LogP contribution in [0.3, 0.4) is 0 Å². The van der Waals surface area contributed by atoms with Gasteiger partial charge in [-0.2, -0.15) is 0 Å². The number of aliphatic hydroxyl groups is 2. The van der Waals surface area contributed by atoms with Gasteiger partial charge in [0.05, 0.1) is 12.7 Å². The Bertz CT molecular complexity index is 439. The highest BCUT2D eigenvalue weighted by atomic mass is 16.3. The Balaban J connectivity index is 3.63. The smallest absolute Gasteiger partial charge is 0.220 e. The van der Waals surface area contributed by atoms with E-state index in [4.69, 9.17) is 5.11 Å². The maximum Gasteiger partial charge on any atom is 0.220 e. The Morgan fingerprint density at radius 2 is 1.77 bits per heavy atom. The molecule has 1 amide bonds. The quantitative estimate of drug-likeness (QED) is 0.218. The molecule has 4 heteroatoms. The molecule has 0 aliphatic rings. The van der Waals surface area contributed by atoms with Crippen molar-refractivity contribution in [3.63, 3.8) is 0 Å². The fourth-order valence-electron chi connectivity index (χ4n) is 2.25. The number of rotatable bonds is 16. The number of unbranched alkanes of at least 4 members (excludes halogenated alkanes) is 4. The van der Waals surface area contributed by atoms with Crippen LogP contribution in [-0.4, -0.2) is 35.4 Å². The number of allylic oxidation sites excluding steroid dienone is 6. The molecule has 0 aromatic carbocycles. The van der Waals surface area contributed by atoms with Gasteiger partial charge in [-0.3, -0.25) is 4.79 Å². The Labute approximate surface area is 159 Å². The topological polar surface area (TPSA) is 69.6 Å². The molecule has 26 heavy (non-hydrogen) atoms. The zero-order valence-corrected chi connectivity index (χ0v) is 16.3. The predicted molar refractivity (Wildman–Crippen MR) is 110 cm³/mol. The molecule has 0 unspecified atom stereocenters. The lowest BCUT2D eigenvalue weighted by atomic mass is 10.1. The first kappa shape index (κ1) is 24.4. The molecule has 0 fully saturated rings. The van der Waals surface area contributed by atoms with Crippen LogP contribution in [0.1, 0.15) is 64.7 Å². The minimum Gasteiger partial charge on any atom is -0.395 e. The van der Waals surface area contributed by atoms with Crippen molar-refractivity contribution >= 4 is 5.91 Å². The van der Waals surface area contributed by atoms with Crippen molar-refractivity contribution in [3.8, 4) is 0 Å². The second-order valence-electron chi connectivity index (χ2n) is 6.26. The normalized spacial score (nSPS) is 13.5.